The van der Waals surface area contributed by atoms with E-state index in [4.69, 9.17) is 15.2 Å². The fourth-order valence-electron chi connectivity index (χ4n) is 3.33. The van der Waals surface area contributed by atoms with Crippen LogP contribution in [0.25, 0.3) is 5.78 Å². The van der Waals surface area contributed by atoms with Crippen LogP contribution >= 0.6 is 0 Å². The number of nitrogen functional groups attached to an aromatic ring is 1. The van der Waals surface area contributed by atoms with E-state index in [-0.39, 0.29) is 24.4 Å². The van der Waals surface area contributed by atoms with Crippen molar-refractivity contribution in [3.8, 4) is 11.5 Å². The van der Waals surface area contributed by atoms with Crippen molar-refractivity contribution in [1.82, 2.24) is 24.5 Å². The maximum Gasteiger partial charge on any atom is 0.254 e. The lowest BCUT2D eigenvalue weighted by Gasteiger charge is -2.29. The number of ether oxygens (including phenoxy) is 2. The van der Waals surface area contributed by atoms with Crippen LogP contribution in [0.15, 0.2) is 24.3 Å². The minimum Gasteiger partial charge on any atom is -0.486 e. The highest BCUT2D eigenvalue weighted by atomic mass is 16.6. The molecule has 0 saturated carbocycles. The number of carbonyl (C=O) groups is 1. The van der Waals surface area contributed by atoms with Crippen LogP contribution < -0.4 is 15.2 Å². The van der Waals surface area contributed by atoms with E-state index in [0.29, 0.717) is 24.7 Å². The maximum atomic E-state index is 12.8. The summed E-state index contributed by atoms with van der Waals surface area (Å²) in [7, 11) is 1.76. The van der Waals surface area contributed by atoms with Crippen molar-refractivity contribution >= 4 is 17.6 Å². The highest BCUT2D eigenvalue weighted by Crippen LogP contribution is 2.31. The molecule has 1 atom stereocenters. The fourth-order valence-corrected chi connectivity index (χ4v) is 3.33. The fraction of sp³-hybridized carbons (Fsp3) is 0.368. The summed E-state index contributed by atoms with van der Waals surface area (Å²) >= 11 is 0. The van der Waals surface area contributed by atoms with Gasteiger partial charge >= 0.3 is 0 Å². The topological polar surface area (TPSA) is 108 Å². The van der Waals surface area contributed by atoms with Crippen LogP contribution in [0, 0.1) is 13.8 Å². The molecule has 0 spiro atoms. The molecule has 28 heavy (non-hydrogen) atoms. The normalized spacial score (nSPS) is 15.6. The van der Waals surface area contributed by atoms with E-state index >= 15 is 0 Å². The van der Waals surface area contributed by atoms with Crippen LogP contribution in [0.5, 0.6) is 11.5 Å². The lowest BCUT2D eigenvalue weighted by atomic mass is 10.1. The number of nitrogens with two attached hydrogens (primary N) is 1. The van der Waals surface area contributed by atoms with Gasteiger partial charge in [-0.05, 0) is 26.0 Å². The molecule has 1 aliphatic rings. The Hall–Kier alpha value is -3.36. The predicted molar refractivity (Wildman–Crippen MR) is 102 cm³/mol. The van der Waals surface area contributed by atoms with Gasteiger partial charge < -0.3 is 20.1 Å². The molecule has 4 rings (SSSR count). The summed E-state index contributed by atoms with van der Waals surface area (Å²) in [6.07, 6.45) is -0.0112. The summed E-state index contributed by atoms with van der Waals surface area (Å²) in [5.41, 5.74) is 8.03. The molecule has 0 aliphatic carbocycles. The minimum atomic E-state index is -0.221. The van der Waals surface area contributed by atoms with Gasteiger partial charge in [0.2, 0.25) is 11.9 Å². The Morgan fingerprint density at radius 3 is 2.82 bits per heavy atom. The van der Waals surface area contributed by atoms with Gasteiger partial charge in [-0.1, -0.05) is 12.1 Å². The zero-order valence-electron chi connectivity index (χ0n) is 16.0. The second-order valence-corrected chi connectivity index (χ2v) is 6.89. The van der Waals surface area contributed by atoms with Crippen LogP contribution in [-0.2, 0) is 11.2 Å². The molecule has 3 heterocycles. The Morgan fingerprint density at radius 2 is 2.04 bits per heavy atom. The Balaban J connectivity index is 1.46. The molecular weight excluding hydrogens is 360 g/mol. The van der Waals surface area contributed by atoms with Gasteiger partial charge in [-0.2, -0.15) is 9.50 Å². The van der Waals surface area contributed by atoms with Crippen molar-refractivity contribution in [2.24, 2.45) is 0 Å². The number of aromatic nitrogens is 4. The van der Waals surface area contributed by atoms with E-state index in [2.05, 4.69) is 15.1 Å². The highest BCUT2D eigenvalue weighted by molar-refractivity contribution is 5.79. The van der Waals surface area contributed by atoms with E-state index in [1.165, 1.54) is 0 Å². The van der Waals surface area contributed by atoms with Gasteiger partial charge in [0.1, 0.15) is 6.61 Å². The Labute approximate surface area is 162 Å². The number of benzene rings is 1. The number of para-hydroxylation sites is 2. The molecular formula is C19H22N6O3. The number of aryl methyl sites for hydroxylation is 2. The Bertz CT molecular complexity index is 1050. The van der Waals surface area contributed by atoms with Gasteiger partial charge in [0.25, 0.3) is 5.78 Å². The number of nitrogens with zero attached hydrogens (tertiary/aromatic N) is 5. The summed E-state index contributed by atoms with van der Waals surface area (Å²) < 4.78 is 13.2. The molecule has 2 aromatic heterocycles. The third-order valence-electron chi connectivity index (χ3n) is 4.86. The third kappa shape index (κ3) is 3.30. The van der Waals surface area contributed by atoms with Gasteiger partial charge in [0, 0.05) is 24.0 Å². The van der Waals surface area contributed by atoms with Crippen molar-refractivity contribution < 1.29 is 14.3 Å². The van der Waals surface area contributed by atoms with E-state index in [1.54, 1.807) is 16.5 Å². The predicted octanol–water partition coefficient (Wildman–Crippen LogP) is 1.16. The largest absolute Gasteiger partial charge is 0.486 e. The molecule has 2 N–H and O–H groups in total. The number of hydrogen-bond acceptors (Lipinski definition) is 7. The van der Waals surface area contributed by atoms with Crippen LogP contribution in [0.1, 0.15) is 17.0 Å². The Kier molecular flexibility index (Phi) is 4.50. The number of hydrogen-bond donors (Lipinski definition) is 1. The second-order valence-electron chi connectivity index (χ2n) is 6.89. The quantitative estimate of drug-likeness (QED) is 0.721. The van der Waals surface area contributed by atoms with E-state index in [1.807, 2.05) is 38.1 Å². The lowest BCUT2D eigenvalue weighted by molar-refractivity contribution is -0.130. The summed E-state index contributed by atoms with van der Waals surface area (Å²) in [5.74, 6) is 1.98. The zero-order valence-corrected chi connectivity index (χ0v) is 16.0. The molecule has 0 bridgehead atoms. The third-order valence-corrected chi connectivity index (χ3v) is 4.86. The molecule has 3 aromatic rings. The molecule has 0 fully saturated rings. The molecule has 146 valence electrons. The van der Waals surface area contributed by atoms with Crippen molar-refractivity contribution in [2.45, 2.75) is 26.4 Å². The summed E-state index contributed by atoms with van der Waals surface area (Å²) in [6, 6.07) is 7.52. The van der Waals surface area contributed by atoms with Crippen molar-refractivity contribution in [3.05, 3.63) is 41.2 Å². The minimum absolute atomic E-state index is 0.0390. The van der Waals surface area contributed by atoms with E-state index in [9.17, 15) is 4.79 Å². The smallest absolute Gasteiger partial charge is 0.254 e. The van der Waals surface area contributed by atoms with Crippen LogP contribution in [0.2, 0.25) is 0 Å². The van der Waals surface area contributed by atoms with Gasteiger partial charge in [-0.3, -0.25) is 4.79 Å². The van der Waals surface area contributed by atoms with Crippen molar-refractivity contribution in [1.29, 1.82) is 0 Å². The summed E-state index contributed by atoms with van der Waals surface area (Å²) in [4.78, 5) is 22.9. The molecule has 0 radical (unpaired) electrons. The van der Waals surface area contributed by atoms with Crippen LogP contribution in [0.3, 0.4) is 0 Å². The summed E-state index contributed by atoms with van der Waals surface area (Å²) in [5, 5.41) is 4.14. The molecule has 9 nitrogen and oxygen atoms in total. The molecule has 1 amide bonds. The number of amides is 1. The van der Waals surface area contributed by atoms with E-state index < -0.39 is 0 Å². The average Bonchev–Trinajstić information content (AvgIpc) is 3.05. The van der Waals surface area contributed by atoms with Gasteiger partial charge in [0.15, 0.2) is 17.6 Å². The first kappa shape index (κ1) is 18.0. The number of anilines is 1. The van der Waals surface area contributed by atoms with E-state index in [0.717, 1.165) is 22.7 Å². The molecule has 0 saturated heterocycles. The SMILES string of the molecule is Cc1nc2nc(N)nn2c(C)c1CC(=O)N(C)CC1COc2ccccc2O1. The number of carbonyl (C=O) groups excluding carboxylic acids is 1. The number of likely N-dealkylation sites (N-methyl/N-ethyl adjacent to an activating group) is 1. The van der Waals surface area contributed by atoms with Crippen LogP contribution in [0.4, 0.5) is 5.95 Å². The molecule has 1 aliphatic heterocycles. The first-order chi connectivity index (χ1) is 13.4. The molecule has 9 heteroatoms. The second kappa shape index (κ2) is 6.99. The molecule has 1 aromatic carbocycles. The number of rotatable bonds is 4. The lowest BCUT2D eigenvalue weighted by Crippen LogP contribution is -2.42. The monoisotopic (exact) mass is 382 g/mol. The van der Waals surface area contributed by atoms with Gasteiger partial charge in [-0.15, -0.1) is 5.10 Å². The number of fused-ring (bicyclic) bond motifs is 2. The standard InChI is InChI=1S/C19H22N6O3/c1-11-14(12(2)25-19(21-11)22-18(20)23-25)8-17(26)24(3)9-13-10-27-15-6-4-5-7-16(15)28-13/h4-7,13H,8-10H2,1-3H3,(H2,20,23). The maximum absolute atomic E-state index is 12.8. The first-order valence-corrected chi connectivity index (χ1v) is 9.03. The first-order valence-electron chi connectivity index (χ1n) is 9.03. The summed E-state index contributed by atoms with van der Waals surface area (Å²) in [6.45, 7) is 4.57. The molecule has 1 unspecified atom stereocenters. The van der Waals surface area contributed by atoms with Crippen molar-refractivity contribution in [3.63, 3.8) is 0 Å². The van der Waals surface area contributed by atoms with Crippen LogP contribution in [-0.4, -0.2) is 56.7 Å². The van der Waals surface area contributed by atoms with Crippen molar-refractivity contribution in [2.75, 3.05) is 25.9 Å². The highest BCUT2D eigenvalue weighted by Gasteiger charge is 2.24. The van der Waals surface area contributed by atoms with Gasteiger partial charge in [-0.25, -0.2) is 4.98 Å². The Morgan fingerprint density at radius 1 is 1.29 bits per heavy atom. The zero-order chi connectivity index (χ0) is 19.8. The van der Waals surface area contributed by atoms with Gasteiger partial charge in [0.05, 0.1) is 13.0 Å². The average molecular weight is 382 g/mol.